The Balaban J connectivity index is 1.70. The summed E-state index contributed by atoms with van der Waals surface area (Å²) in [6.45, 7) is 1.86. The maximum absolute atomic E-state index is 13.0. The Hall–Kier alpha value is -3.00. The highest BCUT2D eigenvalue weighted by atomic mass is 32.2. The lowest BCUT2D eigenvalue weighted by molar-refractivity contribution is -0.124. The summed E-state index contributed by atoms with van der Waals surface area (Å²) < 4.78 is 32.3. The number of amides is 1. The van der Waals surface area contributed by atoms with E-state index in [2.05, 4.69) is 10.1 Å². The topological polar surface area (TPSA) is 93.4 Å². The third kappa shape index (κ3) is 3.12. The molecule has 3 aromatic rings. The molecule has 0 aliphatic carbocycles. The van der Waals surface area contributed by atoms with Gasteiger partial charge in [0.25, 0.3) is 15.9 Å². The molecule has 4 rings (SSSR count). The molecule has 1 fully saturated rings. The van der Waals surface area contributed by atoms with Crippen LogP contribution >= 0.6 is 0 Å². The molecule has 2 heterocycles. The highest BCUT2D eigenvalue weighted by molar-refractivity contribution is 7.89. The first kappa shape index (κ1) is 17.4. The van der Waals surface area contributed by atoms with Crippen molar-refractivity contribution in [3.05, 3.63) is 66.1 Å². The highest BCUT2D eigenvalue weighted by Crippen LogP contribution is 2.37. The van der Waals surface area contributed by atoms with Crippen molar-refractivity contribution in [3.63, 3.8) is 0 Å². The summed E-state index contributed by atoms with van der Waals surface area (Å²) in [5, 5.41) is 3.94. The van der Waals surface area contributed by atoms with Crippen LogP contribution in [0.3, 0.4) is 0 Å². The molecule has 0 bridgehead atoms. The summed E-state index contributed by atoms with van der Waals surface area (Å²) in [4.78, 5) is 16.8. The number of sulfonamides is 1. The highest BCUT2D eigenvalue weighted by Gasteiger charge is 2.44. The molecule has 7 nitrogen and oxygen atoms in total. The fourth-order valence-electron chi connectivity index (χ4n) is 3.09. The van der Waals surface area contributed by atoms with Crippen molar-refractivity contribution in [3.8, 4) is 11.4 Å². The maximum atomic E-state index is 13.0. The molecule has 0 saturated carbocycles. The van der Waals surface area contributed by atoms with Crippen LogP contribution in [-0.2, 0) is 14.8 Å². The van der Waals surface area contributed by atoms with Gasteiger partial charge in [0.05, 0.1) is 4.90 Å². The average molecular weight is 383 g/mol. The molecule has 8 heteroatoms. The van der Waals surface area contributed by atoms with Crippen LogP contribution in [-0.4, -0.2) is 28.8 Å². The minimum absolute atomic E-state index is 0.0659. The van der Waals surface area contributed by atoms with Gasteiger partial charge in [-0.3, -0.25) is 4.79 Å². The lowest BCUT2D eigenvalue weighted by Gasteiger charge is -2.21. The quantitative estimate of drug-likeness (QED) is 0.687. The number of hydrogen-bond acceptors (Lipinski definition) is 6. The summed E-state index contributed by atoms with van der Waals surface area (Å²) in [6, 6.07) is 14.8. The fraction of sp³-hybridized carbons (Fsp3) is 0.211. The lowest BCUT2D eigenvalue weighted by Crippen LogP contribution is -2.34. The Labute approximate surface area is 156 Å². The first-order chi connectivity index (χ1) is 13.0. The van der Waals surface area contributed by atoms with Gasteiger partial charge < -0.3 is 4.52 Å². The predicted octanol–water partition coefficient (Wildman–Crippen LogP) is 3.10. The van der Waals surface area contributed by atoms with Crippen molar-refractivity contribution in [1.82, 2.24) is 14.4 Å². The van der Waals surface area contributed by atoms with Gasteiger partial charge in [-0.05, 0) is 25.5 Å². The van der Waals surface area contributed by atoms with Crippen LogP contribution in [0.5, 0.6) is 0 Å². The van der Waals surface area contributed by atoms with E-state index < -0.39 is 22.0 Å². The summed E-state index contributed by atoms with van der Waals surface area (Å²) in [6.07, 6.45) is 0.416. The normalized spacial score (nSPS) is 17.4. The SMILES string of the molecule is Cc1ccc(S(=O)(=O)N2C(=O)CCC2c2nc(-c3ccccc3)no2)cc1. The lowest BCUT2D eigenvalue weighted by atomic mass is 10.2. The van der Waals surface area contributed by atoms with Crippen LogP contribution in [0.1, 0.15) is 30.3 Å². The van der Waals surface area contributed by atoms with Crippen LogP contribution in [0.15, 0.2) is 64.0 Å². The van der Waals surface area contributed by atoms with Gasteiger partial charge in [-0.2, -0.15) is 4.98 Å². The second kappa shape index (κ2) is 6.62. The summed E-state index contributed by atoms with van der Waals surface area (Å²) in [5.41, 5.74) is 1.69. The number of benzene rings is 2. The number of aromatic nitrogens is 2. The van der Waals surface area contributed by atoms with E-state index in [1.807, 2.05) is 37.3 Å². The van der Waals surface area contributed by atoms with Gasteiger partial charge in [-0.25, -0.2) is 12.7 Å². The van der Waals surface area contributed by atoms with E-state index >= 15 is 0 Å². The molecule has 1 saturated heterocycles. The monoisotopic (exact) mass is 383 g/mol. The van der Waals surface area contributed by atoms with Gasteiger partial charge in [0, 0.05) is 12.0 Å². The van der Waals surface area contributed by atoms with E-state index in [1.54, 1.807) is 12.1 Å². The van der Waals surface area contributed by atoms with Crippen LogP contribution < -0.4 is 0 Å². The third-order valence-corrected chi connectivity index (χ3v) is 6.34. The Kier molecular flexibility index (Phi) is 4.27. The molecule has 0 radical (unpaired) electrons. The number of carbonyl (C=O) groups is 1. The standard InChI is InChI=1S/C19H17N3O4S/c1-13-7-9-15(10-8-13)27(24,25)22-16(11-12-17(22)23)19-20-18(21-26-19)14-5-3-2-4-6-14/h2-10,16H,11-12H2,1H3. The van der Waals surface area contributed by atoms with Crippen molar-refractivity contribution < 1.29 is 17.7 Å². The molecular formula is C19H17N3O4S. The molecule has 1 atom stereocenters. The minimum Gasteiger partial charge on any atom is -0.337 e. The van der Waals surface area contributed by atoms with Crippen LogP contribution in [0.4, 0.5) is 0 Å². The first-order valence-corrected chi connectivity index (χ1v) is 9.94. The predicted molar refractivity (Wildman–Crippen MR) is 96.9 cm³/mol. The Bertz CT molecular complexity index is 1080. The number of rotatable bonds is 4. The van der Waals surface area contributed by atoms with Crippen molar-refractivity contribution in [2.75, 3.05) is 0 Å². The van der Waals surface area contributed by atoms with Crippen LogP contribution in [0.2, 0.25) is 0 Å². The molecule has 1 aliphatic heterocycles. The Morgan fingerprint density at radius 3 is 2.48 bits per heavy atom. The fourth-order valence-corrected chi connectivity index (χ4v) is 4.68. The van der Waals surface area contributed by atoms with E-state index in [0.717, 1.165) is 15.4 Å². The number of nitrogens with zero attached hydrogens (tertiary/aromatic N) is 3. The average Bonchev–Trinajstić information content (AvgIpc) is 3.30. The van der Waals surface area contributed by atoms with Crippen LogP contribution in [0.25, 0.3) is 11.4 Å². The van der Waals surface area contributed by atoms with Crippen LogP contribution in [0, 0.1) is 6.92 Å². The minimum atomic E-state index is -4.00. The zero-order valence-corrected chi connectivity index (χ0v) is 15.4. The van der Waals surface area contributed by atoms with E-state index in [9.17, 15) is 13.2 Å². The maximum Gasteiger partial charge on any atom is 0.267 e. The number of aryl methyl sites for hydroxylation is 1. The molecule has 0 spiro atoms. The molecule has 138 valence electrons. The van der Waals surface area contributed by atoms with Crippen molar-refractivity contribution >= 4 is 15.9 Å². The van der Waals surface area contributed by atoms with Gasteiger partial charge in [0.2, 0.25) is 11.7 Å². The van der Waals surface area contributed by atoms with Crippen molar-refractivity contribution in [1.29, 1.82) is 0 Å². The third-order valence-electron chi connectivity index (χ3n) is 4.50. The second-order valence-electron chi connectivity index (χ2n) is 6.38. The smallest absolute Gasteiger partial charge is 0.267 e. The number of hydrogen-bond donors (Lipinski definition) is 0. The van der Waals surface area contributed by atoms with Crippen molar-refractivity contribution in [2.24, 2.45) is 0 Å². The largest absolute Gasteiger partial charge is 0.337 e. The molecule has 1 aromatic heterocycles. The Morgan fingerprint density at radius 1 is 1.07 bits per heavy atom. The van der Waals surface area contributed by atoms with E-state index in [4.69, 9.17) is 4.52 Å². The van der Waals surface area contributed by atoms with Gasteiger partial charge in [-0.1, -0.05) is 53.2 Å². The summed E-state index contributed by atoms with van der Waals surface area (Å²) >= 11 is 0. The summed E-state index contributed by atoms with van der Waals surface area (Å²) in [7, 11) is -4.00. The molecule has 1 unspecified atom stereocenters. The molecule has 2 aromatic carbocycles. The van der Waals surface area contributed by atoms with Gasteiger partial charge >= 0.3 is 0 Å². The second-order valence-corrected chi connectivity index (χ2v) is 8.20. The van der Waals surface area contributed by atoms with E-state index in [1.165, 1.54) is 12.1 Å². The van der Waals surface area contributed by atoms with Gasteiger partial charge in [0.1, 0.15) is 6.04 Å². The summed E-state index contributed by atoms with van der Waals surface area (Å²) in [5.74, 6) is 0.00746. The van der Waals surface area contributed by atoms with Gasteiger partial charge in [-0.15, -0.1) is 0 Å². The molecule has 0 N–H and O–H groups in total. The molecule has 27 heavy (non-hydrogen) atoms. The first-order valence-electron chi connectivity index (χ1n) is 8.50. The molecule has 1 aliphatic rings. The molecule has 1 amide bonds. The number of carbonyl (C=O) groups excluding carboxylic acids is 1. The Morgan fingerprint density at radius 2 is 1.78 bits per heavy atom. The van der Waals surface area contributed by atoms with Crippen molar-refractivity contribution in [2.45, 2.75) is 30.7 Å². The van der Waals surface area contributed by atoms with E-state index in [0.29, 0.717) is 12.2 Å². The molecular weight excluding hydrogens is 366 g/mol. The van der Waals surface area contributed by atoms with E-state index in [-0.39, 0.29) is 17.2 Å². The zero-order valence-electron chi connectivity index (χ0n) is 14.6. The zero-order chi connectivity index (χ0) is 19.0. The van der Waals surface area contributed by atoms with Gasteiger partial charge in [0.15, 0.2) is 0 Å².